The molecule has 0 saturated carbocycles. The summed E-state index contributed by atoms with van der Waals surface area (Å²) in [6.07, 6.45) is 1.97. The van der Waals surface area contributed by atoms with E-state index in [1.165, 1.54) is 23.8 Å². The minimum atomic E-state index is -0.447. The Labute approximate surface area is 135 Å². The van der Waals surface area contributed by atoms with Gasteiger partial charge in [0.1, 0.15) is 18.2 Å². The zero-order valence-corrected chi connectivity index (χ0v) is 13.1. The predicted molar refractivity (Wildman–Crippen MR) is 90.4 cm³/mol. The third-order valence-corrected chi connectivity index (χ3v) is 2.92. The van der Waals surface area contributed by atoms with Gasteiger partial charge in [0.25, 0.3) is 0 Å². The van der Waals surface area contributed by atoms with Gasteiger partial charge in [-0.2, -0.15) is 0 Å². The van der Waals surface area contributed by atoms with Gasteiger partial charge in [-0.25, -0.2) is 9.18 Å². The van der Waals surface area contributed by atoms with Crippen LogP contribution in [0.25, 0.3) is 0 Å². The van der Waals surface area contributed by atoms with Gasteiger partial charge in [-0.05, 0) is 50.3 Å². The monoisotopic (exact) mass is 314 g/mol. The lowest BCUT2D eigenvalue weighted by Gasteiger charge is -2.09. The molecule has 0 heterocycles. The summed E-state index contributed by atoms with van der Waals surface area (Å²) < 4.78 is 18.7. The van der Waals surface area contributed by atoms with E-state index in [-0.39, 0.29) is 0 Å². The Morgan fingerprint density at radius 2 is 1.74 bits per heavy atom. The number of amides is 2. The van der Waals surface area contributed by atoms with E-state index >= 15 is 0 Å². The minimum Gasteiger partial charge on any atom is -0.489 e. The second kappa shape index (κ2) is 7.98. The highest BCUT2D eigenvalue weighted by Crippen LogP contribution is 2.18. The summed E-state index contributed by atoms with van der Waals surface area (Å²) in [6, 6.07) is 12.3. The molecule has 2 aromatic carbocycles. The average Bonchev–Trinajstić information content (AvgIpc) is 2.47. The van der Waals surface area contributed by atoms with Crippen LogP contribution in [0.15, 0.2) is 60.2 Å². The van der Waals surface area contributed by atoms with Crippen molar-refractivity contribution < 1.29 is 13.9 Å². The van der Waals surface area contributed by atoms with E-state index in [1.54, 1.807) is 24.3 Å². The summed E-state index contributed by atoms with van der Waals surface area (Å²) in [4.78, 5) is 11.9. The van der Waals surface area contributed by atoms with Crippen LogP contribution in [-0.2, 0) is 0 Å². The van der Waals surface area contributed by atoms with E-state index in [1.807, 2.05) is 26.0 Å². The summed E-state index contributed by atoms with van der Waals surface area (Å²) in [5, 5.41) is 5.25. The molecule has 0 aliphatic heterocycles. The summed E-state index contributed by atoms with van der Waals surface area (Å²) in [6.45, 7) is 4.47. The van der Waals surface area contributed by atoms with Crippen LogP contribution < -0.4 is 15.4 Å². The fraction of sp³-hybridized carbons (Fsp3) is 0.167. The lowest BCUT2D eigenvalue weighted by atomic mass is 10.3. The summed E-state index contributed by atoms with van der Waals surface area (Å²) in [7, 11) is 0. The number of hydrogen-bond acceptors (Lipinski definition) is 2. The van der Waals surface area contributed by atoms with Gasteiger partial charge >= 0.3 is 6.03 Å². The maximum absolute atomic E-state index is 13.1. The Morgan fingerprint density at radius 1 is 1.09 bits per heavy atom. The van der Waals surface area contributed by atoms with Gasteiger partial charge in [0.2, 0.25) is 0 Å². The Balaban J connectivity index is 1.94. The van der Waals surface area contributed by atoms with Crippen molar-refractivity contribution in [3.63, 3.8) is 0 Å². The van der Waals surface area contributed by atoms with Crippen LogP contribution >= 0.6 is 0 Å². The zero-order valence-electron chi connectivity index (χ0n) is 13.1. The van der Waals surface area contributed by atoms with Crippen molar-refractivity contribution in [3.8, 4) is 5.75 Å². The molecular formula is C18H19FN2O2. The third kappa shape index (κ3) is 5.82. The van der Waals surface area contributed by atoms with Crippen molar-refractivity contribution in [1.82, 2.24) is 0 Å². The maximum atomic E-state index is 13.1. The lowest BCUT2D eigenvalue weighted by molar-refractivity contribution is 0.262. The van der Waals surface area contributed by atoms with E-state index < -0.39 is 11.8 Å². The van der Waals surface area contributed by atoms with Crippen molar-refractivity contribution in [3.05, 3.63) is 66.0 Å². The van der Waals surface area contributed by atoms with Crippen LogP contribution in [0.1, 0.15) is 13.8 Å². The molecule has 0 unspecified atom stereocenters. The number of rotatable bonds is 5. The Kier molecular flexibility index (Phi) is 5.74. The highest BCUT2D eigenvalue weighted by Gasteiger charge is 2.04. The van der Waals surface area contributed by atoms with Crippen molar-refractivity contribution in [2.45, 2.75) is 13.8 Å². The van der Waals surface area contributed by atoms with E-state index in [0.717, 1.165) is 0 Å². The number of halogens is 1. The highest BCUT2D eigenvalue weighted by molar-refractivity contribution is 5.99. The van der Waals surface area contributed by atoms with E-state index in [4.69, 9.17) is 4.74 Å². The number of allylic oxidation sites excluding steroid dienone is 1. The zero-order chi connectivity index (χ0) is 16.7. The van der Waals surface area contributed by atoms with E-state index in [9.17, 15) is 9.18 Å². The first-order valence-electron chi connectivity index (χ1n) is 7.23. The Morgan fingerprint density at radius 3 is 2.39 bits per heavy atom. The van der Waals surface area contributed by atoms with Crippen LogP contribution in [0.3, 0.4) is 0 Å². The molecule has 4 nitrogen and oxygen atoms in total. The number of anilines is 2. The number of carbonyl (C=O) groups is 1. The first kappa shape index (κ1) is 16.5. The van der Waals surface area contributed by atoms with Crippen LogP contribution in [0.2, 0.25) is 0 Å². The first-order valence-corrected chi connectivity index (χ1v) is 7.23. The van der Waals surface area contributed by atoms with Gasteiger partial charge < -0.3 is 15.4 Å². The standard InChI is InChI=1S/C18H19FN2O2/c1-13(2)9-10-23-17-8-4-7-16(12-17)21-18(22)20-15-6-3-5-14(19)11-15/h3-9,11-12H,10H2,1-2H3,(H2,20,21,22). The fourth-order valence-electron chi connectivity index (χ4n) is 1.83. The SMILES string of the molecule is CC(C)=CCOc1cccc(NC(=O)Nc2cccc(F)c2)c1. The van der Waals surface area contributed by atoms with Gasteiger partial charge in [-0.15, -0.1) is 0 Å². The number of benzene rings is 2. The Hall–Kier alpha value is -2.82. The third-order valence-electron chi connectivity index (χ3n) is 2.92. The molecule has 2 N–H and O–H groups in total. The molecule has 2 rings (SSSR count). The minimum absolute atomic E-state index is 0.387. The van der Waals surface area contributed by atoms with Crippen LogP contribution in [-0.4, -0.2) is 12.6 Å². The number of hydrogen-bond donors (Lipinski definition) is 2. The summed E-state index contributed by atoms with van der Waals surface area (Å²) in [5.41, 5.74) is 2.15. The van der Waals surface area contributed by atoms with Crippen molar-refractivity contribution in [1.29, 1.82) is 0 Å². The molecule has 0 atom stereocenters. The molecule has 5 heteroatoms. The number of nitrogens with one attached hydrogen (secondary N) is 2. The van der Waals surface area contributed by atoms with Gasteiger partial charge in [-0.1, -0.05) is 17.7 Å². The fourth-order valence-corrected chi connectivity index (χ4v) is 1.83. The van der Waals surface area contributed by atoms with Crippen molar-refractivity contribution in [2.24, 2.45) is 0 Å². The molecule has 2 aromatic rings. The first-order chi connectivity index (χ1) is 11.0. The second-order valence-electron chi connectivity index (χ2n) is 5.21. The van der Waals surface area contributed by atoms with E-state index in [0.29, 0.717) is 23.7 Å². The smallest absolute Gasteiger partial charge is 0.323 e. The molecule has 0 saturated heterocycles. The predicted octanol–water partition coefficient (Wildman–Crippen LogP) is 4.81. The largest absolute Gasteiger partial charge is 0.489 e. The van der Waals surface area contributed by atoms with Crippen molar-refractivity contribution >= 4 is 17.4 Å². The highest BCUT2D eigenvalue weighted by atomic mass is 19.1. The van der Waals surface area contributed by atoms with Gasteiger partial charge in [0, 0.05) is 17.4 Å². The molecule has 0 bridgehead atoms. The molecule has 0 aliphatic carbocycles. The number of carbonyl (C=O) groups excluding carboxylic acids is 1. The molecule has 0 radical (unpaired) electrons. The van der Waals surface area contributed by atoms with E-state index in [2.05, 4.69) is 10.6 Å². The average molecular weight is 314 g/mol. The van der Waals surface area contributed by atoms with Gasteiger partial charge in [0.15, 0.2) is 0 Å². The molecule has 2 amide bonds. The molecule has 0 aromatic heterocycles. The molecule has 23 heavy (non-hydrogen) atoms. The second-order valence-corrected chi connectivity index (χ2v) is 5.21. The molecule has 0 aliphatic rings. The maximum Gasteiger partial charge on any atom is 0.323 e. The topological polar surface area (TPSA) is 50.4 Å². The summed E-state index contributed by atoms with van der Waals surface area (Å²) >= 11 is 0. The number of ether oxygens (including phenoxy) is 1. The van der Waals surface area contributed by atoms with Crippen LogP contribution in [0, 0.1) is 5.82 Å². The molecule has 0 spiro atoms. The van der Waals surface area contributed by atoms with Gasteiger partial charge in [-0.3, -0.25) is 0 Å². The van der Waals surface area contributed by atoms with Gasteiger partial charge in [0.05, 0.1) is 0 Å². The molecule has 0 fully saturated rings. The van der Waals surface area contributed by atoms with Crippen LogP contribution in [0.5, 0.6) is 5.75 Å². The molecular weight excluding hydrogens is 295 g/mol. The van der Waals surface area contributed by atoms with Crippen LogP contribution in [0.4, 0.5) is 20.6 Å². The van der Waals surface area contributed by atoms with Crippen molar-refractivity contribution in [2.75, 3.05) is 17.2 Å². The quantitative estimate of drug-likeness (QED) is 0.778. The lowest BCUT2D eigenvalue weighted by Crippen LogP contribution is -2.19. The molecule has 120 valence electrons. The normalized spacial score (nSPS) is 9.87. The summed E-state index contributed by atoms with van der Waals surface area (Å²) in [5.74, 6) is 0.253. The number of urea groups is 1. The Bertz CT molecular complexity index is 710.